The van der Waals surface area contributed by atoms with Crippen molar-refractivity contribution in [1.29, 1.82) is 0 Å². The lowest BCUT2D eigenvalue weighted by molar-refractivity contribution is -0.284. The molecule has 0 aliphatic heterocycles. The highest BCUT2D eigenvalue weighted by Crippen LogP contribution is 2.65. The summed E-state index contributed by atoms with van der Waals surface area (Å²) in [5.74, 6) is -6.52. The highest BCUT2D eigenvalue weighted by atomic mass is 32.2. The van der Waals surface area contributed by atoms with E-state index in [1.54, 1.807) is 47.6 Å². The summed E-state index contributed by atoms with van der Waals surface area (Å²) in [5.41, 5.74) is 2.63. The Balaban J connectivity index is 0.000000260. The fourth-order valence-electron chi connectivity index (χ4n) is 15.7. The molecule has 0 amide bonds. The Morgan fingerprint density at radius 3 is 1.27 bits per heavy atom. The van der Waals surface area contributed by atoms with Crippen LogP contribution in [0.5, 0.6) is 11.5 Å². The van der Waals surface area contributed by atoms with E-state index >= 15 is 0 Å². The molecule has 516 valence electrons. The first kappa shape index (κ1) is 75.2. The Labute approximate surface area is 527 Å². The van der Waals surface area contributed by atoms with Crippen LogP contribution in [-0.2, 0) is 61.7 Å². The van der Waals surface area contributed by atoms with E-state index in [4.69, 9.17) is 32.8 Å². The Kier molecular flexibility index (Phi) is 24.4. The maximum Gasteiger partial charge on any atom is 0.478 e. The van der Waals surface area contributed by atoms with Crippen molar-refractivity contribution in [2.75, 3.05) is 36.6 Å². The third-order valence-corrected chi connectivity index (χ3v) is 25.1. The summed E-state index contributed by atoms with van der Waals surface area (Å²) in [7, 11) is -11.7. The number of phosphoric ester groups is 2. The van der Waals surface area contributed by atoms with Crippen LogP contribution in [0.25, 0.3) is 0 Å². The minimum Gasteiger partial charge on any atom is -0.467 e. The molecule has 90 heavy (non-hydrogen) atoms. The minimum absolute atomic E-state index is 0.176. The molecule has 8 rings (SSSR count). The molecular formula is C62H92F10O14P2S2. The lowest BCUT2D eigenvalue weighted by atomic mass is 9.52. The normalized spacial score (nSPS) is 29.5. The van der Waals surface area contributed by atoms with Gasteiger partial charge in [0.15, 0.2) is 13.6 Å². The SMILES string of the molecule is CC(C)(C)OP(=O)(OCOc1ccc2c(c1)C[C@@H](CCCS(=O)CCCC(F)(F)C(F)(F)F)[C@@H]1[C@@H]2CC[C@]2(C)[C@@H](O)CC[C@@H]12)OC(C)(C)C.C[C@]12CC[C@@H]3c4ccc(OCOP(=O)(O)O)cc4C[C@@H](CCCS(=O)CCCC(F)(F)C(F)(F)F)[C@H]3[C@@H]1CC[C@@H]2O. The van der Waals surface area contributed by atoms with Crippen molar-refractivity contribution in [2.45, 2.75) is 230 Å². The molecule has 0 heterocycles. The van der Waals surface area contributed by atoms with Crippen molar-refractivity contribution in [3.8, 4) is 11.5 Å². The molecule has 0 saturated heterocycles. The Morgan fingerprint density at radius 2 is 0.911 bits per heavy atom. The number of hydrogen-bond acceptors (Lipinski definition) is 12. The van der Waals surface area contributed by atoms with Gasteiger partial charge in [0.2, 0.25) is 0 Å². The minimum atomic E-state index is -5.61. The van der Waals surface area contributed by atoms with Gasteiger partial charge in [-0.25, -0.2) is 18.2 Å². The average molecular weight is 1380 g/mol. The molecule has 6 aliphatic carbocycles. The zero-order valence-corrected chi connectivity index (χ0v) is 56.0. The molecule has 4 fully saturated rings. The number of benzene rings is 2. The van der Waals surface area contributed by atoms with Gasteiger partial charge < -0.3 is 29.5 Å². The van der Waals surface area contributed by atoms with Gasteiger partial charge in [-0.15, -0.1) is 0 Å². The number of aliphatic hydroxyl groups is 2. The van der Waals surface area contributed by atoms with Gasteiger partial charge >= 0.3 is 39.8 Å². The van der Waals surface area contributed by atoms with E-state index in [1.165, 1.54) is 11.1 Å². The number of halogens is 10. The fraction of sp³-hybridized carbons (Fsp3) is 0.806. The molecule has 0 aromatic heterocycles. The lowest BCUT2D eigenvalue weighted by Crippen LogP contribution is -2.47. The molecule has 4 saturated carbocycles. The topological polar surface area (TPSA) is 205 Å². The predicted molar refractivity (Wildman–Crippen MR) is 321 cm³/mol. The van der Waals surface area contributed by atoms with Gasteiger partial charge in [0.25, 0.3) is 0 Å². The Hall–Kier alpha value is -2.22. The van der Waals surface area contributed by atoms with Crippen molar-refractivity contribution in [3.63, 3.8) is 0 Å². The van der Waals surface area contributed by atoms with Crippen molar-refractivity contribution < 1.29 is 109 Å². The van der Waals surface area contributed by atoms with Gasteiger partial charge in [-0.2, -0.15) is 43.9 Å². The smallest absolute Gasteiger partial charge is 0.467 e. The van der Waals surface area contributed by atoms with Crippen LogP contribution < -0.4 is 9.47 Å². The third-order valence-electron chi connectivity index (χ3n) is 19.7. The lowest BCUT2D eigenvalue weighted by Gasteiger charge is -2.53. The predicted octanol–water partition coefficient (Wildman–Crippen LogP) is 15.8. The van der Waals surface area contributed by atoms with Gasteiger partial charge in [0.05, 0.1) is 23.4 Å². The van der Waals surface area contributed by atoms with E-state index in [1.807, 2.05) is 24.3 Å². The first-order chi connectivity index (χ1) is 41.4. The maximum atomic E-state index is 13.4. The molecule has 2 aromatic carbocycles. The van der Waals surface area contributed by atoms with Crippen LogP contribution >= 0.6 is 15.6 Å². The maximum absolute atomic E-state index is 13.4. The quantitative estimate of drug-likeness (QED) is 0.0393. The van der Waals surface area contributed by atoms with Gasteiger partial charge in [-0.3, -0.25) is 17.5 Å². The van der Waals surface area contributed by atoms with E-state index in [0.717, 1.165) is 75.3 Å². The van der Waals surface area contributed by atoms with Gasteiger partial charge in [0.1, 0.15) is 11.5 Å². The average Bonchev–Trinajstić information content (AvgIpc) is 1.39. The van der Waals surface area contributed by atoms with Crippen LogP contribution in [0, 0.1) is 46.3 Å². The van der Waals surface area contributed by atoms with Crippen LogP contribution in [-0.4, -0.2) is 113 Å². The summed E-state index contributed by atoms with van der Waals surface area (Å²) < 4.78 is 210. The van der Waals surface area contributed by atoms with E-state index in [9.17, 15) is 71.7 Å². The second-order valence-electron chi connectivity index (χ2n) is 28.2. The van der Waals surface area contributed by atoms with E-state index in [2.05, 4.69) is 24.4 Å². The largest absolute Gasteiger partial charge is 0.478 e. The number of rotatable bonds is 26. The summed E-state index contributed by atoms with van der Waals surface area (Å²) in [6.07, 6.45) is -4.82. The summed E-state index contributed by atoms with van der Waals surface area (Å²) >= 11 is 0. The van der Waals surface area contributed by atoms with Gasteiger partial charge in [-0.05, 0) is 249 Å². The van der Waals surface area contributed by atoms with Crippen molar-refractivity contribution in [2.24, 2.45) is 46.3 Å². The molecule has 0 bridgehead atoms. The molecule has 4 N–H and O–H groups in total. The van der Waals surface area contributed by atoms with Crippen LogP contribution in [0.15, 0.2) is 36.4 Å². The van der Waals surface area contributed by atoms with Crippen LogP contribution in [0.3, 0.4) is 0 Å². The number of ether oxygens (including phenoxy) is 2. The molecule has 2 aromatic rings. The highest BCUT2D eigenvalue weighted by Gasteiger charge is 2.60. The van der Waals surface area contributed by atoms with Crippen LogP contribution in [0.4, 0.5) is 43.9 Å². The second-order valence-corrected chi connectivity index (χ2v) is 34.4. The number of aliphatic hydroxyl groups excluding tert-OH is 2. The molecule has 6 aliphatic rings. The van der Waals surface area contributed by atoms with Crippen molar-refractivity contribution >= 4 is 37.2 Å². The van der Waals surface area contributed by atoms with E-state index < -0.39 is 105 Å². The van der Waals surface area contributed by atoms with E-state index in [0.29, 0.717) is 54.9 Å². The molecule has 2 unspecified atom stereocenters. The molecular weight excluding hydrogens is 1280 g/mol. The number of alkyl halides is 10. The fourth-order valence-corrected chi connectivity index (χ4v) is 19.9. The Bertz CT molecular complexity index is 2860. The second kappa shape index (κ2) is 29.2. The molecule has 0 radical (unpaired) electrons. The standard InChI is InChI=1S/C35H54F5O7PS.C27H38F5O7PS/c1-31(2,3)46-48(42,47-32(4,5)6)45-22-44-25-11-12-26-24(21-25)20-23(30-27(26)15-17-33(7)28(30)13-14-29(33)41)10-8-18-49(43)19-9-16-34(36,37)35(38,39)40;1-25-11-9-21-20-6-5-19(38-16-39-40(34,35)36)15-18(20)14-17(24(21)22(25)7-8-23(25)33)4-2-12-41(37)13-3-10-26(28,29)27(30,31)32/h11-12,21,23,27-30,41H,8-10,13-20,22H2,1-7H3;5-6,15,17,21-24,33H,2-4,7-14,16H2,1H3,(H2,34,35,36)/t23-,27-,28+,29+,30-,33+,49?;17-,21-,22+,23+,24-,25+,41?/m11/s1. The zero-order chi connectivity index (χ0) is 66.8. The van der Waals surface area contributed by atoms with Gasteiger partial charge in [-0.1, -0.05) is 26.0 Å². The van der Waals surface area contributed by atoms with Crippen LogP contribution in [0.1, 0.15) is 192 Å². The molecule has 14 atom stereocenters. The molecule has 0 spiro atoms. The molecule has 14 nitrogen and oxygen atoms in total. The number of fused-ring (bicyclic) bond motifs is 10. The monoisotopic (exact) mass is 1380 g/mol. The summed E-state index contributed by atoms with van der Waals surface area (Å²) in [5, 5.41) is 21.8. The Morgan fingerprint density at radius 1 is 0.544 bits per heavy atom. The number of hydrogen-bond donors (Lipinski definition) is 4. The van der Waals surface area contributed by atoms with Gasteiger partial charge in [0, 0.05) is 57.5 Å². The summed E-state index contributed by atoms with van der Waals surface area (Å²) in [6, 6.07) is 11.5. The zero-order valence-electron chi connectivity index (χ0n) is 52.6. The highest BCUT2D eigenvalue weighted by molar-refractivity contribution is 7.85. The third kappa shape index (κ3) is 19.1. The molecule has 28 heteroatoms. The summed E-state index contributed by atoms with van der Waals surface area (Å²) in [6.45, 7) is 13.9. The van der Waals surface area contributed by atoms with Crippen molar-refractivity contribution in [1.82, 2.24) is 0 Å². The van der Waals surface area contributed by atoms with Crippen LogP contribution in [0.2, 0.25) is 0 Å². The summed E-state index contributed by atoms with van der Waals surface area (Å²) in [4.78, 5) is 17.8. The number of phosphoric acid groups is 2. The van der Waals surface area contributed by atoms with Crippen molar-refractivity contribution in [3.05, 3.63) is 58.7 Å². The van der Waals surface area contributed by atoms with E-state index in [-0.39, 0.29) is 82.4 Å². The first-order valence-electron chi connectivity index (χ1n) is 31.3. The first-order valence-corrected chi connectivity index (χ1v) is 37.2.